The molecule has 0 spiro atoms. The molecule has 2 N–H and O–H groups in total. The smallest absolute Gasteiger partial charge is 0.238 e. The molecule has 0 aliphatic carbocycles. The zero-order chi connectivity index (χ0) is 12.8. The molecule has 0 aliphatic rings. The molecule has 0 atom stereocenters. The van der Waals surface area contributed by atoms with Crippen molar-refractivity contribution in [1.29, 1.82) is 0 Å². The molecule has 1 aromatic carbocycles. The number of benzene rings is 1. The van der Waals surface area contributed by atoms with E-state index in [9.17, 15) is 18.0 Å². The lowest BCUT2D eigenvalue weighted by Crippen LogP contribution is -2.28. The summed E-state index contributed by atoms with van der Waals surface area (Å²) in [6, 6.07) is 0.992. The molecular weight excluding hydrogens is 233 g/mol. The van der Waals surface area contributed by atoms with Gasteiger partial charge in [-0.05, 0) is 0 Å². The second kappa shape index (κ2) is 6.05. The van der Waals surface area contributed by atoms with Crippen LogP contribution in [-0.4, -0.2) is 19.0 Å². The summed E-state index contributed by atoms with van der Waals surface area (Å²) in [7, 11) is 0. The van der Waals surface area contributed by atoms with E-state index in [-0.39, 0.29) is 6.54 Å². The third kappa shape index (κ3) is 3.92. The lowest BCUT2D eigenvalue weighted by atomic mass is 10.2. The van der Waals surface area contributed by atoms with Gasteiger partial charge in [0.2, 0.25) is 5.91 Å². The van der Waals surface area contributed by atoms with E-state index in [2.05, 4.69) is 11.9 Å². The summed E-state index contributed by atoms with van der Waals surface area (Å²) < 4.78 is 38.8. The van der Waals surface area contributed by atoms with Gasteiger partial charge in [0.05, 0.1) is 6.54 Å². The number of amides is 1. The van der Waals surface area contributed by atoms with E-state index in [0.717, 1.165) is 0 Å². The van der Waals surface area contributed by atoms with Gasteiger partial charge < -0.3 is 10.6 Å². The van der Waals surface area contributed by atoms with E-state index in [0.29, 0.717) is 18.7 Å². The highest BCUT2D eigenvalue weighted by molar-refractivity contribution is 5.92. The average molecular weight is 244 g/mol. The van der Waals surface area contributed by atoms with Crippen molar-refractivity contribution in [2.45, 2.75) is 0 Å². The van der Waals surface area contributed by atoms with Gasteiger partial charge in [0.25, 0.3) is 0 Å². The summed E-state index contributed by atoms with van der Waals surface area (Å²) in [5.74, 6) is -3.97. The third-order valence-electron chi connectivity index (χ3n) is 1.85. The number of carbonyl (C=O) groups is 1. The quantitative estimate of drug-likeness (QED) is 0.612. The van der Waals surface area contributed by atoms with Crippen molar-refractivity contribution in [2.75, 3.05) is 18.4 Å². The number of hydrogen-bond donors (Lipinski definition) is 2. The normalized spacial score (nSPS) is 10.1. The molecular formula is C11H11F3N2O. The Kier molecular flexibility index (Phi) is 4.71. The van der Waals surface area contributed by atoms with Gasteiger partial charge in [-0.1, -0.05) is 6.08 Å². The topological polar surface area (TPSA) is 41.1 Å². The molecule has 1 rings (SSSR count). The van der Waals surface area contributed by atoms with Gasteiger partial charge >= 0.3 is 0 Å². The van der Waals surface area contributed by atoms with Crippen molar-refractivity contribution in [3.05, 3.63) is 42.2 Å². The van der Waals surface area contributed by atoms with E-state index < -0.39 is 29.0 Å². The highest BCUT2D eigenvalue weighted by atomic mass is 19.1. The van der Waals surface area contributed by atoms with Gasteiger partial charge in [-0.2, -0.15) is 0 Å². The number of nitrogens with one attached hydrogen (secondary N) is 2. The minimum Gasteiger partial charge on any atom is -0.320 e. The highest BCUT2D eigenvalue weighted by Gasteiger charge is 2.13. The van der Waals surface area contributed by atoms with Crippen molar-refractivity contribution in [1.82, 2.24) is 5.32 Å². The van der Waals surface area contributed by atoms with Crippen LogP contribution in [0.25, 0.3) is 0 Å². The van der Waals surface area contributed by atoms with Gasteiger partial charge in [-0.15, -0.1) is 6.58 Å². The monoisotopic (exact) mass is 244 g/mol. The maximum Gasteiger partial charge on any atom is 0.238 e. The Bertz CT molecular complexity index is 412. The van der Waals surface area contributed by atoms with Crippen LogP contribution in [0.5, 0.6) is 0 Å². The number of hydrogen-bond acceptors (Lipinski definition) is 2. The Hall–Kier alpha value is -1.82. The molecule has 0 fully saturated rings. The predicted molar refractivity (Wildman–Crippen MR) is 58.0 cm³/mol. The standard InChI is InChI=1S/C11H11F3N2O/c1-2-3-15-6-10(17)16-11-8(13)4-7(12)5-9(11)14/h2,4-5,15H,1,3,6H2,(H,16,17). The summed E-state index contributed by atoms with van der Waals surface area (Å²) in [4.78, 5) is 11.2. The molecule has 92 valence electrons. The Morgan fingerprint density at radius 1 is 1.29 bits per heavy atom. The van der Waals surface area contributed by atoms with Crippen LogP contribution in [0, 0.1) is 17.5 Å². The number of halogens is 3. The lowest BCUT2D eigenvalue weighted by molar-refractivity contribution is -0.115. The van der Waals surface area contributed by atoms with E-state index in [4.69, 9.17) is 0 Å². The summed E-state index contributed by atoms with van der Waals surface area (Å²) in [6.45, 7) is 3.69. The van der Waals surface area contributed by atoms with Crippen LogP contribution in [0.3, 0.4) is 0 Å². The fourth-order valence-electron chi connectivity index (χ4n) is 1.13. The molecule has 0 saturated carbocycles. The van der Waals surface area contributed by atoms with E-state index in [1.807, 2.05) is 5.32 Å². The number of anilines is 1. The zero-order valence-corrected chi connectivity index (χ0v) is 8.90. The second-order valence-corrected chi connectivity index (χ2v) is 3.21. The van der Waals surface area contributed by atoms with Gasteiger partial charge in [0, 0.05) is 18.7 Å². The zero-order valence-electron chi connectivity index (χ0n) is 8.90. The predicted octanol–water partition coefficient (Wildman–Crippen LogP) is 1.82. The summed E-state index contributed by atoms with van der Waals surface area (Å²) in [6.07, 6.45) is 1.53. The fraction of sp³-hybridized carbons (Fsp3) is 0.182. The first-order chi connectivity index (χ1) is 8.04. The van der Waals surface area contributed by atoms with Crippen LogP contribution in [0.15, 0.2) is 24.8 Å². The minimum atomic E-state index is -1.15. The molecule has 0 unspecified atom stereocenters. The SMILES string of the molecule is C=CCNCC(=O)Nc1c(F)cc(F)cc1F. The first-order valence-corrected chi connectivity index (χ1v) is 4.80. The Labute approximate surface area is 96.3 Å². The molecule has 0 aliphatic heterocycles. The number of carbonyl (C=O) groups excluding carboxylic acids is 1. The van der Waals surface area contributed by atoms with E-state index >= 15 is 0 Å². The molecule has 0 saturated heterocycles. The molecule has 1 aromatic rings. The molecule has 17 heavy (non-hydrogen) atoms. The van der Waals surface area contributed by atoms with Crippen LogP contribution < -0.4 is 10.6 Å². The summed E-state index contributed by atoms with van der Waals surface area (Å²) >= 11 is 0. The highest BCUT2D eigenvalue weighted by Crippen LogP contribution is 2.19. The Morgan fingerprint density at radius 2 is 1.88 bits per heavy atom. The lowest BCUT2D eigenvalue weighted by Gasteiger charge is -2.07. The first-order valence-electron chi connectivity index (χ1n) is 4.80. The second-order valence-electron chi connectivity index (χ2n) is 3.21. The van der Waals surface area contributed by atoms with Crippen LogP contribution in [-0.2, 0) is 4.79 Å². The van der Waals surface area contributed by atoms with Crippen molar-refractivity contribution in [3.8, 4) is 0 Å². The largest absolute Gasteiger partial charge is 0.320 e. The average Bonchev–Trinajstić information content (AvgIpc) is 2.24. The molecule has 6 heteroatoms. The third-order valence-corrected chi connectivity index (χ3v) is 1.85. The summed E-state index contributed by atoms with van der Waals surface area (Å²) in [5.41, 5.74) is -0.656. The van der Waals surface area contributed by atoms with Crippen LogP contribution in [0.1, 0.15) is 0 Å². The van der Waals surface area contributed by atoms with Crippen molar-refractivity contribution in [2.24, 2.45) is 0 Å². The number of rotatable bonds is 5. The fourth-order valence-corrected chi connectivity index (χ4v) is 1.13. The van der Waals surface area contributed by atoms with Crippen LogP contribution >= 0.6 is 0 Å². The van der Waals surface area contributed by atoms with Gasteiger partial charge in [-0.3, -0.25) is 4.79 Å². The van der Waals surface area contributed by atoms with Gasteiger partial charge in [-0.25, -0.2) is 13.2 Å². The molecule has 0 bridgehead atoms. The van der Waals surface area contributed by atoms with Gasteiger partial charge in [0.15, 0.2) is 11.6 Å². The summed E-state index contributed by atoms with van der Waals surface area (Å²) in [5, 5.41) is 4.67. The van der Waals surface area contributed by atoms with Crippen molar-refractivity contribution in [3.63, 3.8) is 0 Å². The van der Waals surface area contributed by atoms with Crippen LogP contribution in [0.2, 0.25) is 0 Å². The first kappa shape index (κ1) is 13.2. The Balaban J connectivity index is 2.68. The molecule has 1 amide bonds. The Morgan fingerprint density at radius 3 is 2.41 bits per heavy atom. The van der Waals surface area contributed by atoms with Crippen molar-refractivity contribution < 1.29 is 18.0 Å². The molecule has 3 nitrogen and oxygen atoms in total. The molecule has 0 heterocycles. The van der Waals surface area contributed by atoms with Crippen LogP contribution in [0.4, 0.5) is 18.9 Å². The minimum absolute atomic E-state index is 0.123. The molecule has 0 radical (unpaired) electrons. The molecule has 0 aromatic heterocycles. The van der Waals surface area contributed by atoms with E-state index in [1.54, 1.807) is 0 Å². The van der Waals surface area contributed by atoms with Gasteiger partial charge in [0.1, 0.15) is 11.5 Å². The van der Waals surface area contributed by atoms with Crippen molar-refractivity contribution >= 4 is 11.6 Å². The maximum atomic E-state index is 13.1. The maximum absolute atomic E-state index is 13.1. The van der Waals surface area contributed by atoms with E-state index in [1.165, 1.54) is 6.08 Å².